The highest BCUT2D eigenvalue weighted by Crippen LogP contribution is 2.27. The smallest absolute Gasteiger partial charge is 0.408 e. The number of hydrogen-bond acceptors (Lipinski definition) is 8. The number of ether oxygens (including phenoxy) is 1. The molecule has 2 amide bonds. The summed E-state index contributed by atoms with van der Waals surface area (Å²) in [6.45, 7) is 5.33. The molecule has 0 unspecified atom stereocenters. The summed E-state index contributed by atoms with van der Waals surface area (Å²) >= 11 is 1.25. The molecule has 32 heavy (non-hydrogen) atoms. The lowest BCUT2D eigenvalue weighted by Crippen LogP contribution is -2.46. The van der Waals surface area contributed by atoms with Gasteiger partial charge >= 0.3 is 6.09 Å². The second kappa shape index (κ2) is 10.4. The largest absolute Gasteiger partial charge is 0.444 e. The molecule has 1 aliphatic carbocycles. The van der Waals surface area contributed by atoms with Crippen molar-refractivity contribution in [3.05, 3.63) is 42.1 Å². The molecular formula is C22H28N6O3S. The number of nitrogens with zero attached hydrogens (tertiary/aromatic N) is 3. The van der Waals surface area contributed by atoms with Crippen molar-refractivity contribution in [1.29, 1.82) is 0 Å². The number of amides is 2. The average Bonchev–Trinajstić information content (AvgIpc) is 3.21. The van der Waals surface area contributed by atoms with Crippen LogP contribution in [0.4, 0.5) is 15.7 Å². The Balaban J connectivity index is 1.72. The number of alkyl carbamates (subject to hydrolysis) is 1. The molecule has 3 N–H and O–H groups in total. The van der Waals surface area contributed by atoms with Crippen LogP contribution in [0.2, 0.25) is 0 Å². The highest BCUT2D eigenvalue weighted by Gasteiger charge is 2.26. The van der Waals surface area contributed by atoms with E-state index in [1.54, 1.807) is 34.0 Å². The average molecular weight is 457 g/mol. The van der Waals surface area contributed by atoms with Gasteiger partial charge in [-0.2, -0.15) is 0 Å². The van der Waals surface area contributed by atoms with Crippen LogP contribution in [0.1, 0.15) is 40.0 Å². The van der Waals surface area contributed by atoms with E-state index < -0.39 is 17.7 Å². The number of pyridine rings is 1. The van der Waals surface area contributed by atoms with Crippen LogP contribution in [0.25, 0.3) is 10.6 Å². The first kappa shape index (κ1) is 23.4. The van der Waals surface area contributed by atoms with E-state index in [1.807, 2.05) is 24.3 Å². The van der Waals surface area contributed by atoms with Gasteiger partial charge in [0.15, 0.2) is 0 Å². The zero-order valence-electron chi connectivity index (χ0n) is 18.6. The molecule has 0 bridgehead atoms. The fourth-order valence-electron chi connectivity index (χ4n) is 3.03. The summed E-state index contributed by atoms with van der Waals surface area (Å²) in [6.07, 6.45) is 9.19. The maximum Gasteiger partial charge on any atom is 0.408 e. The third-order valence-corrected chi connectivity index (χ3v) is 5.38. The highest BCUT2D eigenvalue weighted by atomic mass is 32.1. The van der Waals surface area contributed by atoms with Crippen molar-refractivity contribution in [2.75, 3.05) is 17.7 Å². The number of carbonyl (C=O) groups excluding carboxylic acids is 2. The number of carbonyl (C=O) groups is 2. The van der Waals surface area contributed by atoms with Crippen molar-refractivity contribution in [1.82, 2.24) is 20.5 Å². The van der Waals surface area contributed by atoms with Crippen LogP contribution in [-0.2, 0) is 9.53 Å². The first-order valence-electron chi connectivity index (χ1n) is 10.4. The van der Waals surface area contributed by atoms with Gasteiger partial charge in [-0.1, -0.05) is 35.1 Å². The molecular weight excluding hydrogens is 428 g/mol. The number of rotatable bonds is 7. The normalized spacial score (nSPS) is 14.3. The van der Waals surface area contributed by atoms with E-state index in [2.05, 4.69) is 37.2 Å². The van der Waals surface area contributed by atoms with E-state index in [4.69, 9.17) is 4.74 Å². The lowest BCUT2D eigenvalue weighted by molar-refractivity contribution is -0.118. The first-order chi connectivity index (χ1) is 15.2. The summed E-state index contributed by atoms with van der Waals surface area (Å²) in [4.78, 5) is 29.5. The minimum absolute atomic E-state index is 0.348. The number of hydrogen-bond donors (Lipinski definition) is 3. The molecule has 2 heterocycles. The fraction of sp³-hybridized carbons (Fsp3) is 0.409. The van der Waals surface area contributed by atoms with Crippen LogP contribution in [0.3, 0.4) is 0 Å². The van der Waals surface area contributed by atoms with Crippen LogP contribution in [-0.4, -0.2) is 45.9 Å². The molecule has 0 spiro atoms. The number of nitrogens with one attached hydrogen (secondary N) is 3. The van der Waals surface area contributed by atoms with Crippen LogP contribution in [0.5, 0.6) is 0 Å². The van der Waals surface area contributed by atoms with Gasteiger partial charge in [-0.15, -0.1) is 10.2 Å². The van der Waals surface area contributed by atoms with Gasteiger partial charge in [0.05, 0.1) is 0 Å². The van der Waals surface area contributed by atoms with Gasteiger partial charge < -0.3 is 15.4 Å². The van der Waals surface area contributed by atoms with E-state index in [-0.39, 0.29) is 5.91 Å². The number of anilines is 2. The molecule has 2 aromatic heterocycles. The summed E-state index contributed by atoms with van der Waals surface area (Å²) < 4.78 is 5.34. The molecule has 3 rings (SSSR count). The van der Waals surface area contributed by atoms with E-state index in [0.29, 0.717) is 22.4 Å². The molecule has 0 saturated carbocycles. The monoisotopic (exact) mass is 456 g/mol. The summed E-state index contributed by atoms with van der Waals surface area (Å²) in [5.74, 6) is 0.333. The van der Waals surface area contributed by atoms with Gasteiger partial charge in [0.2, 0.25) is 11.0 Å². The Bertz CT molecular complexity index is 1020. The van der Waals surface area contributed by atoms with Gasteiger partial charge in [-0.05, 0) is 52.2 Å². The second-order valence-electron chi connectivity index (χ2n) is 8.28. The third kappa shape index (κ3) is 6.88. The first-order valence-corrected chi connectivity index (χ1v) is 11.2. The molecule has 1 aliphatic rings. The predicted molar refractivity (Wildman–Crippen MR) is 126 cm³/mol. The van der Waals surface area contributed by atoms with Gasteiger partial charge in [0, 0.05) is 18.8 Å². The Labute approximate surface area is 191 Å². The second-order valence-corrected chi connectivity index (χ2v) is 9.25. The molecule has 0 radical (unpaired) electrons. The summed E-state index contributed by atoms with van der Waals surface area (Å²) in [7, 11) is 1.78. The maximum absolute atomic E-state index is 13.0. The van der Waals surface area contributed by atoms with Crippen molar-refractivity contribution in [2.24, 2.45) is 0 Å². The molecule has 0 aromatic carbocycles. The van der Waals surface area contributed by atoms with E-state index in [1.165, 1.54) is 11.3 Å². The fourth-order valence-corrected chi connectivity index (χ4v) is 3.77. The Morgan fingerprint density at radius 2 is 2.09 bits per heavy atom. The minimum atomic E-state index is -0.799. The van der Waals surface area contributed by atoms with Crippen molar-refractivity contribution in [3.8, 4) is 10.6 Å². The predicted octanol–water partition coefficient (Wildman–Crippen LogP) is 4.14. The van der Waals surface area contributed by atoms with Crippen molar-refractivity contribution >= 4 is 34.3 Å². The summed E-state index contributed by atoms with van der Waals surface area (Å²) in [6, 6.07) is 2.87. The lowest BCUT2D eigenvalue weighted by atomic mass is 9.97. The Hall–Kier alpha value is -3.27. The van der Waals surface area contributed by atoms with Crippen molar-refractivity contribution < 1.29 is 14.3 Å². The Morgan fingerprint density at radius 1 is 1.28 bits per heavy atom. The molecule has 0 aliphatic heterocycles. The van der Waals surface area contributed by atoms with Gasteiger partial charge in [0.25, 0.3) is 0 Å². The quantitative estimate of drug-likeness (QED) is 0.573. The Morgan fingerprint density at radius 3 is 2.78 bits per heavy atom. The van der Waals surface area contributed by atoms with Crippen LogP contribution < -0.4 is 16.0 Å². The topological polar surface area (TPSA) is 118 Å². The van der Waals surface area contributed by atoms with Crippen molar-refractivity contribution in [3.63, 3.8) is 0 Å². The highest BCUT2D eigenvalue weighted by molar-refractivity contribution is 7.18. The number of aromatic nitrogens is 3. The Kier molecular flexibility index (Phi) is 7.57. The molecule has 10 heteroatoms. The van der Waals surface area contributed by atoms with Crippen LogP contribution in [0.15, 0.2) is 42.1 Å². The molecule has 2 aromatic rings. The molecule has 170 valence electrons. The van der Waals surface area contributed by atoms with Gasteiger partial charge in [0.1, 0.15) is 22.5 Å². The van der Waals surface area contributed by atoms with E-state index in [0.717, 1.165) is 24.0 Å². The van der Waals surface area contributed by atoms with Crippen LogP contribution >= 0.6 is 11.3 Å². The molecule has 1 atom stereocenters. The number of allylic oxidation sites excluding steroid dienone is 3. The molecule has 9 nitrogen and oxygen atoms in total. The maximum atomic E-state index is 13.0. The molecule has 0 fully saturated rings. The molecule has 0 saturated heterocycles. The van der Waals surface area contributed by atoms with E-state index in [9.17, 15) is 9.59 Å². The zero-order chi connectivity index (χ0) is 23.1. The van der Waals surface area contributed by atoms with Crippen molar-refractivity contribution in [2.45, 2.75) is 51.7 Å². The zero-order valence-corrected chi connectivity index (χ0v) is 19.5. The third-order valence-electron chi connectivity index (χ3n) is 4.49. The minimum Gasteiger partial charge on any atom is -0.444 e. The van der Waals surface area contributed by atoms with Gasteiger partial charge in [-0.25, -0.2) is 9.78 Å². The van der Waals surface area contributed by atoms with Crippen LogP contribution in [0, 0.1) is 0 Å². The van der Waals surface area contributed by atoms with E-state index >= 15 is 0 Å². The van der Waals surface area contributed by atoms with Gasteiger partial charge in [-0.3, -0.25) is 10.1 Å². The lowest BCUT2D eigenvalue weighted by Gasteiger charge is -2.24. The summed E-state index contributed by atoms with van der Waals surface area (Å²) in [5.41, 5.74) is 1.26. The summed E-state index contributed by atoms with van der Waals surface area (Å²) in [5, 5.41) is 17.7. The SMILES string of the molecule is CNc1cc(-c2nnc(NC(=O)[C@H](CC3=CC=CCC3)NC(=O)OC(C)(C)C)s2)ccn1. The standard InChI is InChI=1S/C22H28N6O3S/c1-22(2,3)31-21(30)25-16(12-14-8-6-5-7-9-14)18(29)26-20-28-27-19(32-20)15-10-11-24-17(13-15)23-4/h5-6,8,10-11,13,16H,7,9,12H2,1-4H3,(H,23,24)(H,25,30)(H,26,28,29)/t16-/m0/s1.